The van der Waals surface area contributed by atoms with Gasteiger partial charge in [-0.1, -0.05) is 60.5 Å². The SMILES string of the molecule is CCCC(C)C(=O)Oc1ccc(C[C@H](N)C(=O)OC[C@H](C)OC(=O)CC(C)C)cc1OC(=O)C(C)CCC. The maximum atomic E-state index is 12.6. The van der Waals surface area contributed by atoms with Gasteiger partial charge >= 0.3 is 23.9 Å². The number of rotatable bonds is 16. The summed E-state index contributed by atoms with van der Waals surface area (Å²) in [6, 6.07) is 3.73. The van der Waals surface area contributed by atoms with Gasteiger partial charge in [-0.2, -0.15) is 0 Å². The summed E-state index contributed by atoms with van der Waals surface area (Å²) < 4.78 is 21.6. The van der Waals surface area contributed by atoms with Crippen LogP contribution in [0, 0.1) is 17.8 Å². The summed E-state index contributed by atoms with van der Waals surface area (Å²) in [6.45, 7) is 12.9. The average Bonchev–Trinajstić information content (AvgIpc) is 2.83. The monoisotopic (exact) mass is 535 g/mol. The second kappa shape index (κ2) is 16.8. The van der Waals surface area contributed by atoms with Crippen LogP contribution in [0.3, 0.4) is 0 Å². The van der Waals surface area contributed by atoms with Crippen molar-refractivity contribution >= 4 is 23.9 Å². The fourth-order valence-corrected chi connectivity index (χ4v) is 3.65. The second-order valence-electron chi connectivity index (χ2n) is 10.3. The van der Waals surface area contributed by atoms with Crippen molar-refractivity contribution in [2.75, 3.05) is 6.61 Å². The molecule has 4 atom stereocenters. The van der Waals surface area contributed by atoms with E-state index in [0.29, 0.717) is 18.4 Å². The van der Waals surface area contributed by atoms with Crippen molar-refractivity contribution < 1.29 is 38.1 Å². The number of carbonyl (C=O) groups excluding carboxylic acids is 4. The van der Waals surface area contributed by atoms with E-state index < -0.39 is 30.1 Å². The zero-order valence-electron chi connectivity index (χ0n) is 23.9. The first-order valence-corrected chi connectivity index (χ1v) is 13.6. The molecular weight excluding hydrogens is 490 g/mol. The molecule has 0 aliphatic heterocycles. The highest BCUT2D eigenvalue weighted by Crippen LogP contribution is 2.31. The lowest BCUT2D eigenvalue weighted by molar-refractivity contribution is -0.159. The first-order chi connectivity index (χ1) is 17.9. The average molecular weight is 536 g/mol. The van der Waals surface area contributed by atoms with E-state index in [0.717, 1.165) is 12.8 Å². The summed E-state index contributed by atoms with van der Waals surface area (Å²) in [5.41, 5.74) is 6.65. The number of benzene rings is 1. The largest absolute Gasteiger partial charge is 0.461 e. The van der Waals surface area contributed by atoms with Gasteiger partial charge in [0.2, 0.25) is 0 Å². The van der Waals surface area contributed by atoms with Gasteiger partial charge in [0.25, 0.3) is 0 Å². The number of carbonyl (C=O) groups is 4. The van der Waals surface area contributed by atoms with Gasteiger partial charge in [0.15, 0.2) is 11.5 Å². The second-order valence-corrected chi connectivity index (χ2v) is 10.3. The number of hydrogen-bond acceptors (Lipinski definition) is 9. The van der Waals surface area contributed by atoms with Crippen molar-refractivity contribution in [3.8, 4) is 11.5 Å². The Morgan fingerprint density at radius 3 is 1.89 bits per heavy atom. The van der Waals surface area contributed by atoms with Crippen LogP contribution in [0.15, 0.2) is 18.2 Å². The summed E-state index contributed by atoms with van der Waals surface area (Å²) in [6.07, 6.45) is 2.76. The first kappa shape index (κ1) is 33.1. The van der Waals surface area contributed by atoms with Crippen molar-refractivity contribution in [3.05, 3.63) is 23.8 Å². The smallest absolute Gasteiger partial charge is 0.323 e. The van der Waals surface area contributed by atoms with Gasteiger partial charge < -0.3 is 24.7 Å². The van der Waals surface area contributed by atoms with Gasteiger partial charge in [-0.05, 0) is 49.8 Å². The molecule has 9 nitrogen and oxygen atoms in total. The molecule has 0 saturated carbocycles. The molecule has 1 aromatic carbocycles. The molecule has 0 aliphatic carbocycles. The summed E-state index contributed by atoms with van der Waals surface area (Å²) in [5, 5.41) is 0. The molecule has 0 spiro atoms. The summed E-state index contributed by atoms with van der Waals surface area (Å²) >= 11 is 0. The molecule has 2 N–H and O–H groups in total. The summed E-state index contributed by atoms with van der Waals surface area (Å²) in [4.78, 5) is 49.3. The fourth-order valence-electron chi connectivity index (χ4n) is 3.65. The van der Waals surface area contributed by atoms with Crippen molar-refractivity contribution in [1.82, 2.24) is 0 Å². The third-order valence-corrected chi connectivity index (χ3v) is 5.80. The van der Waals surface area contributed by atoms with Crippen molar-refractivity contribution in [2.45, 2.75) is 99.1 Å². The summed E-state index contributed by atoms with van der Waals surface area (Å²) in [7, 11) is 0. The maximum absolute atomic E-state index is 12.6. The normalized spacial score (nSPS) is 14.2. The molecule has 0 radical (unpaired) electrons. The Balaban J connectivity index is 2.92. The zero-order chi connectivity index (χ0) is 28.8. The molecular formula is C29H45NO8. The number of esters is 4. The van der Waals surface area contributed by atoms with Gasteiger partial charge in [0.1, 0.15) is 18.8 Å². The fraction of sp³-hybridized carbons (Fsp3) is 0.655. The Bertz CT molecular complexity index is 929. The van der Waals surface area contributed by atoms with E-state index in [1.54, 1.807) is 32.9 Å². The topological polar surface area (TPSA) is 131 Å². The Morgan fingerprint density at radius 2 is 1.37 bits per heavy atom. The van der Waals surface area contributed by atoms with Crippen molar-refractivity contribution in [1.29, 1.82) is 0 Å². The lowest BCUT2D eigenvalue weighted by atomic mass is 10.0. The standard InChI is InChI=1S/C29H45NO8/c1-8-10-19(5)27(32)37-24-13-12-22(16-25(24)38-28(33)20(6)11-9-2)15-23(30)29(34)35-17-21(7)36-26(31)14-18(3)4/h12-13,16,18-21,23H,8-11,14-15,17,30H2,1-7H3/t19?,20?,21-,23-/m0/s1. The van der Waals surface area contributed by atoms with E-state index in [4.69, 9.17) is 24.7 Å². The van der Waals surface area contributed by atoms with Gasteiger partial charge in [0.05, 0.1) is 11.8 Å². The minimum atomic E-state index is -1.01. The molecule has 1 rings (SSSR count). The predicted octanol–water partition coefficient (Wildman–Crippen LogP) is 4.76. The molecule has 0 saturated heterocycles. The van der Waals surface area contributed by atoms with Gasteiger partial charge in [-0.25, -0.2) is 0 Å². The molecule has 214 valence electrons. The van der Waals surface area contributed by atoms with Crippen LogP contribution in [0.4, 0.5) is 0 Å². The highest BCUT2D eigenvalue weighted by atomic mass is 16.6. The molecule has 0 amide bonds. The Kier molecular flexibility index (Phi) is 14.6. The molecule has 38 heavy (non-hydrogen) atoms. The number of nitrogens with two attached hydrogens (primary N) is 1. The first-order valence-electron chi connectivity index (χ1n) is 13.6. The molecule has 0 aromatic heterocycles. The molecule has 9 heteroatoms. The van der Waals surface area contributed by atoms with E-state index in [1.165, 1.54) is 6.07 Å². The van der Waals surface area contributed by atoms with Gasteiger partial charge in [0, 0.05) is 6.42 Å². The molecule has 0 bridgehead atoms. The van der Waals surface area contributed by atoms with E-state index in [1.807, 2.05) is 27.7 Å². The molecule has 2 unspecified atom stereocenters. The van der Waals surface area contributed by atoms with Crippen molar-refractivity contribution in [2.24, 2.45) is 23.5 Å². The van der Waals surface area contributed by atoms with E-state index >= 15 is 0 Å². The number of hydrogen-bond donors (Lipinski definition) is 1. The van der Waals surface area contributed by atoms with Crippen LogP contribution in [-0.4, -0.2) is 42.6 Å². The molecule has 1 aromatic rings. The third kappa shape index (κ3) is 12.1. The Morgan fingerprint density at radius 1 is 0.816 bits per heavy atom. The minimum Gasteiger partial charge on any atom is -0.461 e. The van der Waals surface area contributed by atoms with E-state index in [9.17, 15) is 19.2 Å². The van der Waals surface area contributed by atoms with Gasteiger partial charge in [-0.15, -0.1) is 0 Å². The van der Waals surface area contributed by atoms with Gasteiger partial charge in [-0.3, -0.25) is 19.2 Å². The quantitative estimate of drug-likeness (QED) is 0.235. The molecule has 0 aliphatic rings. The lowest BCUT2D eigenvalue weighted by Gasteiger charge is -2.18. The van der Waals surface area contributed by atoms with Crippen LogP contribution in [0.25, 0.3) is 0 Å². The Hall–Kier alpha value is -2.94. The number of ether oxygens (including phenoxy) is 4. The maximum Gasteiger partial charge on any atom is 0.323 e. The van der Waals surface area contributed by atoms with E-state index in [2.05, 4.69) is 0 Å². The van der Waals surface area contributed by atoms with Crippen LogP contribution in [0.2, 0.25) is 0 Å². The Labute approximate surface area is 226 Å². The highest BCUT2D eigenvalue weighted by molar-refractivity contribution is 5.79. The van der Waals surface area contributed by atoms with Crippen LogP contribution >= 0.6 is 0 Å². The lowest BCUT2D eigenvalue weighted by Crippen LogP contribution is -2.36. The van der Waals surface area contributed by atoms with Crippen molar-refractivity contribution in [3.63, 3.8) is 0 Å². The minimum absolute atomic E-state index is 0.0931. The van der Waals surface area contributed by atoms with Crippen LogP contribution in [0.1, 0.15) is 86.1 Å². The summed E-state index contributed by atoms with van der Waals surface area (Å²) in [5.74, 6) is -2.11. The van der Waals surface area contributed by atoms with Crippen LogP contribution in [0.5, 0.6) is 11.5 Å². The third-order valence-electron chi connectivity index (χ3n) is 5.80. The molecule has 0 heterocycles. The predicted molar refractivity (Wildman–Crippen MR) is 144 cm³/mol. The molecule has 0 fully saturated rings. The van der Waals surface area contributed by atoms with E-state index in [-0.39, 0.29) is 54.7 Å². The van der Waals surface area contributed by atoms with Crippen LogP contribution < -0.4 is 15.2 Å². The van der Waals surface area contributed by atoms with Crippen LogP contribution in [-0.2, 0) is 35.1 Å². The zero-order valence-corrected chi connectivity index (χ0v) is 23.9. The highest BCUT2D eigenvalue weighted by Gasteiger charge is 2.23.